The van der Waals surface area contributed by atoms with Crippen LogP contribution in [0.25, 0.3) is 0 Å². The van der Waals surface area contributed by atoms with Crippen LogP contribution in [0.5, 0.6) is 0 Å². The van der Waals surface area contributed by atoms with Crippen LogP contribution in [-0.4, -0.2) is 17.1 Å². The van der Waals surface area contributed by atoms with Crippen LogP contribution >= 0.6 is 0 Å². The van der Waals surface area contributed by atoms with E-state index in [0.717, 1.165) is 6.42 Å². The standard InChI is InChI=1S/C12H19NO2/c1-4-10(3)11(12(14)15-5-2)13-8-6-7-9-13/h6-11H,4-5H2,1-3H3/t10?,11-/m0/s1. The third-order valence-corrected chi connectivity index (χ3v) is 2.66. The molecule has 1 unspecified atom stereocenters. The highest BCUT2D eigenvalue weighted by Crippen LogP contribution is 2.22. The highest BCUT2D eigenvalue weighted by atomic mass is 16.5. The fourth-order valence-corrected chi connectivity index (χ4v) is 1.63. The zero-order valence-electron chi connectivity index (χ0n) is 9.64. The lowest BCUT2D eigenvalue weighted by Gasteiger charge is -2.22. The minimum absolute atomic E-state index is 0.136. The van der Waals surface area contributed by atoms with E-state index in [1.165, 1.54) is 0 Å². The molecule has 0 spiro atoms. The van der Waals surface area contributed by atoms with Crippen molar-refractivity contribution in [1.82, 2.24) is 4.57 Å². The number of rotatable bonds is 5. The first-order valence-corrected chi connectivity index (χ1v) is 5.49. The Kier molecular flexibility index (Phi) is 4.40. The lowest BCUT2D eigenvalue weighted by atomic mass is 9.99. The van der Waals surface area contributed by atoms with Crippen LogP contribution in [-0.2, 0) is 9.53 Å². The Morgan fingerprint density at radius 3 is 2.40 bits per heavy atom. The molecule has 1 aromatic heterocycles. The van der Waals surface area contributed by atoms with Gasteiger partial charge in [0.1, 0.15) is 6.04 Å². The van der Waals surface area contributed by atoms with Gasteiger partial charge in [0.25, 0.3) is 0 Å². The van der Waals surface area contributed by atoms with Crippen LogP contribution in [0.1, 0.15) is 33.2 Å². The molecule has 3 heteroatoms. The number of carbonyl (C=O) groups excluding carboxylic acids is 1. The molecule has 2 atom stereocenters. The van der Waals surface area contributed by atoms with Crippen molar-refractivity contribution in [2.45, 2.75) is 33.2 Å². The van der Waals surface area contributed by atoms with Gasteiger partial charge < -0.3 is 9.30 Å². The third-order valence-electron chi connectivity index (χ3n) is 2.66. The Morgan fingerprint density at radius 1 is 1.33 bits per heavy atom. The van der Waals surface area contributed by atoms with Crippen molar-refractivity contribution in [2.75, 3.05) is 6.61 Å². The Labute approximate surface area is 91.0 Å². The van der Waals surface area contributed by atoms with Gasteiger partial charge in [0.2, 0.25) is 0 Å². The van der Waals surface area contributed by atoms with Gasteiger partial charge in [-0.15, -0.1) is 0 Å². The van der Waals surface area contributed by atoms with Gasteiger partial charge in [0.15, 0.2) is 0 Å². The maximum atomic E-state index is 11.8. The van der Waals surface area contributed by atoms with Crippen LogP contribution in [0.15, 0.2) is 24.5 Å². The summed E-state index contributed by atoms with van der Waals surface area (Å²) in [4.78, 5) is 11.8. The Hall–Kier alpha value is -1.25. The van der Waals surface area contributed by atoms with Gasteiger partial charge in [-0.1, -0.05) is 20.3 Å². The fourth-order valence-electron chi connectivity index (χ4n) is 1.63. The summed E-state index contributed by atoms with van der Waals surface area (Å²) < 4.78 is 7.01. The summed E-state index contributed by atoms with van der Waals surface area (Å²) >= 11 is 0. The molecule has 84 valence electrons. The van der Waals surface area contributed by atoms with E-state index in [1.807, 2.05) is 36.0 Å². The van der Waals surface area contributed by atoms with Crippen molar-refractivity contribution < 1.29 is 9.53 Å². The van der Waals surface area contributed by atoms with E-state index in [4.69, 9.17) is 4.74 Å². The maximum absolute atomic E-state index is 11.8. The molecule has 0 aliphatic carbocycles. The van der Waals surface area contributed by atoms with Crippen molar-refractivity contribution in [2.24, 2.45) is 5.92 Å². The topological polar surface area (TPSA) is 31.2 Å². The van der Waals surface area contributed by atoms with Crippen molar-refractivity contribution in [3.8, 4) is 0 Å². The minimum Gasteiger partial charge on any atom is -0.464 e. The first kappa shape index (κ1) is 11.8. The van der Waals surface area contributed by atoms with E-state index in [2.05, 4.69) is 13.8 Å². The molecule has 0 saturated heterocycles. The highest BCUT2D eigenvalue weighted by molar-refractivity contribution is 5.74. The van der Waals surface area contributed by atoms with Crippen LogP contribution in [0.3, 0.4) is 0 Å². The second-order valence-corrected chi connectivity index (χ2v) is 3.71. The van der Waals surface area contributed by atoms with Crippen molar-refractivity contribution in [3.05, 3.63) is 24.5 Å². The van der Waals surface area contributed by atoms with E-state index in [-0.39, 0.29) is 17.9 Å². The maximum Gasteiger partial charge on any atom is 0.329 e. The molecule has 0 fully saturated rings. The van der Waals surface area contributed by atoms with Crippen molar-refractivity contribution >= 4 is 5.97 Å². The molecule has 0 bridgehead atoms. The van der Waals surface area contributed by atoms with Crippen LogP contribution in [0.2, 0.25) is 0 Å². The molecule has 1 rings (SSSR count). The van der Waals surface area contributed by atoms with Crippen LogP contribution < -0.4 is 0 Å². The Balaban J connectivity index is 2.83. The monoisotopic (exact) mass is 209 g/mol. The Bertz CT molecular complexity index is 293. The quantitative estimate of drug-likeness (QED) is 0.698. The smallest absolute Gasteiger partial charge is 0.329 e. The summed E-state index contributed by atoms with van der Waals surface area (Å²) in [7, 11) is 0. The molecule has 1 heterocycles. The van der Waals surface area contributed by atoms with E-state index >= 15 is 0 Å². The van der Waals surface area contributed by atoms with Crippen molar-refractivity contribution in [1.29, 1.82) is 0 Å². The van der Waals surface area contributed by atoms with Gasteiger partial charge in [-0.05, 0) is 25.0 Å². The molecule has 0 aromatic carbocycles. The Morgan fingerprint density at radius 2 is 1.93 bits per heavy atom. The first-order valence-electron chi connectivity index (χ1n) is 5.49. The molecular weight excluding hydrogens is 190 g/mol. The molecule has 0 saturated carbocycles. The summed E-state index contributed by atoms with van der Waals surface area (Å²) in [6.07, 6.45) is 4.78. The number of ether oxygens (including phenoxy) is 1. The molecule has 15 heavy (non-hydrogen) atoms. The predicted molar refractivity (Wildman–Crippen MR) is 59.6 cm³/mol. The zero-order valence-corrected chi connectivity index (χ0v) is 9.64. The number of hydrogen-bond donors (Lipinski definition) is 0. The summed E-state index contributed by atoms with van der Waals surface area (Å²) in [6, 6.07) is 3.66. The lowest BCUT2D eigenvalue weighted by Crippen LogP contribution is -2.26. The predicted octanol–water partition coefficient (Wildman–Crippen LogP) is 2.64. The first-order chi connectivity index (χ1) is 7.20. The number of hydrogen-bond acceptors (Lipinski definition) is 2. The highest BCUT2D eigenvalue weighted by Gasteiger charge is 2.26. The van der Waals surface area contributed by atoms with Crippen molar-refractivity contribution in [3.63, 3.8) is 0 Å². The minimum atomic E-state index is -0.190. The van der Waals surface area contributed by atoms with Gasteiger partial charge in [-0.2, -0.15) is 0 Å². The largest absolute Gasteiger partial charge is 0.464 e. The van der Waals surface area contributed by atoms with Gasteiger partial charge >= 0.3 is 5.97 Å². The van der Waals surface area contributed by atoms with E-state index in [1.54, 1.807) is 0 Å². The second kappa shape index (κ2) is 5.59. The van der Waals surface area contributed by atoms with E-state index in [9.17, 15) is 4.79 Å². The van der Waals surface area contributed by atoms with E-state index < -0.39 is 0 Å². The number of aromatic nitrogens is 1. The third kappa shape index (κ3) is 2.85. The van der Waals surface area contributed by atoms with Gasteiger partial charge in [-0.25, -0.2) is 4.79 Å². The molecule has 0 aliphatic heterocycles. The zero-order chi connectivity index (χ0) is 11.3. The summed E-state index contributed by atoms with van der Waals surface area (Å²) in [5.74, 6) is 0.152. The average molecular weight is 209 g/mol. The van der Waals surface area contributed by atoms with Gasteiger partial charge in [0.05, 0.1) is 6.61 Å². The van der Waals surface area contributed by atoms with Crippen LogP contribution in [0.4, 0.5) is 0 Å². The molecule has 0 aliphatic rings. The molecule has 0 radical (unpaired) electrons. The lowest BCUT2D eigenvalue weighted by molar-refractivity contribution is -0.148. The summed E-state index contributed by atoms with van der Waals surface area (Å²) in [6.45, 7) is 6.43. The molecular formula is C12H19NO2. The average Bonchev–Trinajstić information content (AvgIpc) is 2.71. The molecule has 1 aromatic rings. The second-order valence-electron chi connectivity index (χ2n) is 3.71. The number of nitrogens with zero attached hydrogens (tertiary/aromatic N) is 1. The van der Waals surface area contributed by atoms with Crippen LogP contribution in [0, 0.1) is 5.92 Å². The fraction of sp³-hybridized carbons (Fsp3) is 0.583. The SMILES string of the molecule is CCOC(=O)[C@H](C(C)CC)n1cccc1. The van der Waals surface area contributed by atoms with E-state index in [0.29, 0.717) is 6.61 Å². The number of carbonyl (C=O) groups is 1. The normalized spacial score (nSPS) is 14.6. The van der Waals surface area contributed by atoms with Gasteiger partial charge in [0, 0.05) is 12.4 Å². The number of esters is 1. The summed E-state index contributed by atoms with van der Waals surface area (Å²) in [5.41, 5.74) is 0. The van der Waals surface area contributed by atoms with Gasteiger partial charge in [-0.3, -0.25) is 0 Å². The molecule has 0 N–H and O–H groups in total. The molecule has 0 amide bonds. The summed E-state index contributed by atoms with van der Waals surface area (Å²) in [5, 5.41) is 0. The molecule has 3 nitrogen and oxygen atoms in total.